The Bertz CT molecular complexity index is 512. The summed E-state index contributed by atoms with van der Waals surface area (Å²) in [5.41, 5.74) is 1.85. The van der Waals surface area contributed by atoms with Crippen LogP contribution in [0, 0.1) is 11.8 Å². The highest BCUT2D eigenvalue weighted by molar-refractivity contribution is 5.69. The third kappa shape index (κ3) is 4.76. The summed E-state index contributed by atoms with van der Waals surface area (Å²) >= 11 is 0. The number of benzene rings is 1. The maximum absolute atomic E-state index is 11.5. The van der Waals surface area contributed by atoms with Gasteiger partial charge in [0.15, 0.2) is 0 Å². The van der Waals surface area contributed by atoms with Crippen molar-refractivity contribution in [3.63, 3.8) is 0 Å². The van der Waals surface area contributed by atoms with E-state index in [1.807, 2.05) is 36.5 Å². The summed E-state index contributed by atoms with van der Waals surface area (Å²) in [6, 6.07) is 9.63. The number of carbonyl (C=O) groups excluding carboxylic acids is 1. The molecule has 2 rings (SSSR count). The van der Waals surface area contributed by atoms with E-state index in [2.05, 4.69) is 22.5 Å². The monoisotopic (exact) mass is 256 g/mol. The van der Waals surface area contributed by atoms with E-state index >= 15 is 0 Å². The zero-order valence-electron chi connectivity index (χ0n) is 10.6. The first-order chi connectivity index (χ1) is 9.34. The second-order valence-corrected chi connectivity index (χ2v) is 4.06. The van der Waals surface area contributed by atoms with Crippen LogP contribution in [0.5, 0.6) is 0 Å². The maximum Gasteiger partial charge on any atom is 0.307 e. The van der Waals surface area contributed by atoms with Gasteiger partial charge in [0.05, 0.1) is 13.1 Å². The number of ether oxygens (including phenoxy) is 1. The Morgan fingerprint density at radius 3 is 2.89 bits per heavy atom. The van der Waals surface area contributed by atoms with Gasteiger partial charge in [0.25, 0.3) is 0 Å². The number of allylic oxidation sites excluding steroid dienone is 1. The van der Waals surface area contributed by atoms with E-state index in [-0.39, 0.29) is 5.97 Å². The average Bonchev–Trinajstić information content (AvgIpc) is 2.96. The van der Waals surface area contributed by atoms with Crippen molar-refractivity contribution in [1.82, 2.24) is 10.6 Å². The Hall–Kier alpha value is -2.41. The number of hydrogen-bond donors (Lipinski definition) is 2. The minimum atomic E-state index is -0.218. The third-order valence-electron chi connectivity index (χ3n) is 2.55. The molecule has 0 bridgehead atoms. The molecule has 1 aliphatic rings. The molecule has 0 atom stereocenters. The van der Waals surface area contributed by atoms with Crippen LogP contribution in [0.4, 0.5) is 0 Å². The molecule has 0 amide bonds. The molecule has 98 valence electrons. The highest BCUT2D eigenvalue weighted by atomic mass is 16.5. The van der Waals surface area contributed by atoms with Gasteiger partial charge in [-0.2, -0.15) is 0 Å². The molecule has 1 aromatic rings. The lowest BCUT2D eigenvalue weighted by Gasteiger charge is -2.03. The first-order valence-corrected chi connectivity index (χ1v) is 6.20. The summed E-state index contributed by atoms with van der Waals surface area (Å²) < 4.78 is 5.15. The maximum atomic E-state index is 11.5. The van der Waals surface area contributed by atoms with Crippen molar-refractivity contribution in [2.75, 3.05) is 6.67 Å². The molecular weight excluding hydrogens is 240 g/mol. The molecule has 19 heavy (non-hydrogen) atoms. The lowest BCUT2D eigenvalue weighted by Crippen LogP contribution is -2.13. The largest absolute Gasteiger partial charge is 0.461 e. The Labute approximate surface area is 112 Å². The summed E-state index contributed by atoms with van der Waals surface area (Å²) in [4.78, 5) is 11.5. The fraction of sp³-hybridized carbons (Fsp3) is 0.267. The average molecular weight is 256 g/mol. The first-order valence-electron chi connectivity index (χ1n) is 6.20. The van der Waals surface area contributed by atoms with Crippen molar-refractivity contribution in [2.24, 2.45) is 0 Å². The van der Waals surface area contributed by atoms with E-state index in [0.29, 0.717) is 26.1 Å². The summed E-state index contributed by atoms with van der Waals surface area (Å²) in [5.74, 6) is 5.66. The minimum Gasteiger partial charge on any atom is -0.461 e. The molecule has 4 heteroatoms. The Balaban J connectivity index is 1.64. The van der Waals surface area contributed by atoms with Gasteiger partial charge in [-0.1, -0.05) is 36.3 Å². The van der Waals surface area contributed by atoms with Gasteiger partial charge in [-0.05, 0) is 11.5 Å². The molecule has 1 aromatic carbocycles. The van der Waals surface area contributed by atoms with Gasteiger partial charge >= 0.3 is 5.97 Å². The van der Waals surface area contributed by atoms with Gasteiger partial charge in [-0.3, -0.25) is 4.79 Å². The number of nitrogens with one attached hydrogen (secondary N) is 2. The predicted molar refractivity (Wildman–Crippen MR) is 72.5 cm³/mol. The van der Waals surface area contributed by atoms with E-state index in [1.165, 1.54) is 0 Å². The molecule has 4 nitrogen and oxygen atoms in total. The third-order valence-corrected chi connectivity index (χ3v) is 2.55. The molecule has 0 aromatic heterocycles. The summed E-state index contributed by atoms with van der Waals surface area (Å²) in [7, 11) is 0. The van der Waals surface area contributed by atoms with Crippen molar-refractivity contribution in [3.05, 3.63) is 47.8 Å². The molecular formula is C15H16N2O2. The van der Waals surface area contributed by atoms with Crippen LogP contribution in [-0.4, -0.2) is 12.6 Å². The fourth-order valence-corrected chi connectivity index (χ4v) is 1.56. The normalized spacial score (nSPS) is 12.5. The van der Waals surface area contributed by atoms with Crippen molar-refractivity contribution >= 4 is 5.97 Å². The number of carbonyl (C=O) groups is 1. The first kappa shape index (κ1) is 13.0. The second-order valence-electron chi connectivity index (χ2n) is 4.06. The predicted octanol–water partition coefficient (Wildman–Crippen LogP) is 1.51. The van der Waals surface area contributed by atoms with Crippen LogP contribution in [0.3, 0.4) is 0 Å². The van der Waals surface area contributed by atoms with Crippen molar-refractivity contribution in [1.29, 1.82) is 0 Å². The SMILES string of the molecule is O=C(CCC#CC1=CNCN1)OCc1ccccc1. The Kier molecular flexibility index (Phi) is 4.88. The topological polar surface area (TPSA) is 50.4 Å². The van der Waals surface area contributed by atoms with Crippen LogP contribution in [0.25, 0.3) is 0 Å². The van der Waals surface area contributed by atoms with Crippen LogP contribution in [-0.2, 0) is 16.1 Å². The highest BCUT2D eigenvalue weighted by Gasteiger charge is 2.02. The van der Waals surface area contributed by atoms with E-state index < -0.39 is 0 Å². The molecule has 0 spiro atoms. The molecule has 2 N–H and O–H groups in total. The van der Waals surface area contributed by atoms with Crippen LogP contribution in [0.15, 0.2) is 42.2 Å². The van der Waals surface area contributed by atoms with Crippen LogP contribution in [0.2, 0.25) is 0 Å². The van der Waals surface area contributed by atoms with Crippen molar-refractivity contribution in [3.8, 4) is 11.8 Å². The molecule has 0 fully saturated rings. The fourth-order valence-electron chi connectivity index (χ4n) is 1.56. The molecule has 1 heterocycles. The van der Waals surface area contributed by atoms with E-state index in [9.17, 15) is 4.79 Å². The standard InChI is InChI=1S/C15H16N2O2/c18-15(19-11-13-6-2-1-3-7-13)9-5-4-8-14-10-16-12-17-14/h1-3,6-7,10,16-17H,5,9,11-12H2. The van der Waals surface area contributed by atoms with E-state index in [1.54, 1.807) is 0 Å². The summed E-state index contributed by atoms with van der Waals surface area (Å²) in [6.07, 6.45) is 2.65. The minimum absolute atomic E-state index is 0.218. The zero-order valence-corrected chi connectivity index (χ0v) is 10.6. The summed E-state index contributed by atoms with van der Waals surface area (Å²) in [6.45, 7) is 1.03. The lowest BCUT2D eigenvalue weighted by molar-refractivity contribution is -0.144. The highest BCUT2D eigenvalue weighted by Crippen LogP contribution is 2.02. The Morgan fingerprint density at radius 2 is 2.16 bits per heavy atom. The number of hydrogen-bond acceptors (Lipinski definition) is 4. The van der Waals surface area contributed by atoms with Crippen LogP contribution in [0.1, 0.15) is 18.4 Å². The second kappa shape index (κ2) is 7.12. The smallest absolute Gasteiger partial charge is 0.307 e. The van der Waals surface area contributed by atoms with Gasteiger partial charge in [0, 0.05) is 12.6 Å². The van der Waals surface area contributed by atoms with E-state index in [0.717, 1.165) is 11.3 Å². The quantitative estimate of drug-likeness (QED) is 0.633. The molecule has 1 aliphatic heterocycles. The van der Waals surface area contributed by atoms with Crippen LogP contribution < -0.4 is 10.6 Å². The molecule has 0 unspecified atom stereocenters. The van der Waals surface area contributed by atoms with E-state index in [4.69, 9.17) is 4.74 Å². The summed E-state index contributed by atoms with van der Waals surface area (Å²) in [5, 5.41) is 6.04. The van der Waals surface area contributed by atoms with Crippen LogP contribution >= 0.6 is 0 Å². The molecule has 0 radical (unpaired) electrons. The number of esters is 1. The molecule has 0 saturated heterocycles. The Morgan fingerprint density at radius 1 is 1.32 bits per heavy atom. The van der Waals surface area contributed by atoms with Gasteiger partial charge in [0.1, 0.15) is 12.3 Å². The van der Waals surface area contributed by atoms with Crippen molar-refractivity contribution in [2.45, 2.75) is 19.4 Å². The van der Waals surface area contributed by atoms with Crippen molar-refractivity contribution < 1.29 is 9.53 Å². The van der Waals surface area contributed by atoms with Gasteiger partial charge in [-0.15, -0.1) is 0 Å². The van der Waals surface area contributed by atoms with Gasteiger partial charge < -0.3 is 15.4 Å². The molecule has 0 aliphatic carbocycles. The molecule has 0 saturated carbocycles. The number of rotatable bonds is 4. The van der Waals surface area contributed by atoms with Gasteiger partial charge in [-0.25, -0.2) is 0 Å². The lowest BCUT2D eigenvalue weighted by atomic mass is 10.2. The van der Waals surface area contributed by atoms with Gasteiger partial charge in [0.2, 0.25) is 0 Å². The zero-order chi connectivity index (χ0) is 13.3.